The summed E-state index contributed by atoms with van der Waals surface area (Å²) in [6.45, 7) is 0.341. The minimum atomic E-state index is -0.552. The minimum Gasteiger partial charge on any atom is -0.496 e. The lowest BCUT2D eigenvalue weighted by molar-refractivity contribution is -0.120. The summed E-state index contributed by atoms with van der Waals surface area (Å²) in [5.74, 6) is -0.0469. The molecular formula is C19H18N4O4S. The van der Waals surface area contributed by atoms with Crippen molar-refractivity contribution >= 4 is 28.3 Å². The molecule has 3 N–H and O–H groups in total. The number of nitrogens with zero attached hydrogens (tertiary/aromatic N) is 1. The summed E-state index contributed by atoms with van der Waals surface area (Å²) in [6, 6.07) is 10.4. The monoisotopic (exact) mass is 398 g/mol. The third-order valence-electron chi connectivity index (χ3n) is 3.85. The van der Waals surface area contributed by atoms with Gasteiger partial charge in [0.15, 0.2) is 5.13 Å². The Balaban J connectivity index is 1.55. The Morgan fingerprint density at radius 3 is 2.82 bits per heavy atom. The molecule has 0 aliphatic rings. The molecule has 1 aromatic carbocycles. The number of benzene rings is 1. The number of carbonyl (C=O) groups excluding carboxylic acids is 2. The molecule has 0 aliphatic carbocycles. The first-order valence-corrected chi connectivity index (χ1v) is 9.27. The smallest absolute Gasteiger partial charge is 0.263 e. The van der Waals surface area contributed by atoms with Crippen LogP contribution < -0.4 is 20.9 Å². The Kier molecular flexibility index (Phi) is 6.18. The second-order valence-electron chi connectivity index (χ2n) is 5.78. The Hall–Kier alpha value is -3.46. The minimum absolute atomic E-state index is 0.00574. The summed E-state index contributed by atoms with van der Waals surface area (Å²) in [5, 5.41) is 7.39. The summed E-state index contributed by atoms with van der Waals surface area (Å²) in [7, 11) is 1.58. The molecule has 9 heteroatoms. The van der Waals surface area contributed by atoms with E-state index in [1.165, 1.54) is 23.6 Å². The van der Waals surface area contributed by atoms with Gasteiger partial charge in [-0.15, -0.1) is 11.3 Å². The van der Waals surface area contributed by atoms with Crippen LogP contribution in [0.5, 0.6) is 5.75 Å². The number of thiazole rings is 1. The molecule has 2 aromatic heterocycles. The van der Waals surface area contributed by atoms with Crippen molar-refractivity contribution in [2.24, 2.45) is 0 Å². The first-order chi connectivity index (χ1) is 13.6. The van der Waals surface area contributed by atoms with E-state index in [0.29, 0.717) is 23.1 Å². The molecule has 0 bridgehead atoms. The quantitative estimate of drug-likeness (QED) is 0.563. The molecule has 2 heterocycles. The molecule has 3 rings (SSSR count). The SMILES string of the molecule is COc1ccccc1CNC(=O)Cc1csc(NC(=O)c2ccc[nH]c2=O)n1. The number of para-hydroxylation sites is 1. The van der Waals surface area contributed by atoms with Crippen molar-refractivity contribution in [1.82, 2.24) is 15.3 Å². The van der Waals surface area contributed by atoms with E-state index in [9.17, 15) is 14.4 Å². The van der Waals surface area contributed by atoms with Crippen molar-refractivity contribution in [3.8, 4) is 5.75 Å². The Labute approximate surface area is 164 Å². The summed E-state index contributed by atoms with van der Waals surface area (Å²) in [6.07, 6.45) is 1.53. The topological polar surface area (TPSA) is 113 Å². The molecule has 3 aromatic rings. The normalized spacial score (nSPS) is 10.3. The van der Waals surface area contributed by atoms with Crippen LogP contribution in [0, 0.1) is 0 Å². The first-order valence-electron chi connectivity index (χ1n) is 8.39. The predicted octanol–water partition coefficient (Wildman–Crippen LogP) is 1.95. The maximum Gasteiger partial charge on any atom is 0.263 e. The molecule has 0 aliphatic heterocycles. The van der Waals surface area contributed by atoms with E-state index in [2.05, 4.69) is 20.6 Å². The van der Waals surface area contributed by atoms with E-state index in [1.54, 1.807) is 18.6 Å². The van der Waals surface area contributed by atoms with Crippen molar-refractivity contribution in [1.29, 1.82) is 0 Å². The molecule has 28 heavy (non-hydrogen) atoms. The fourth-order valence-corrected chi connectivity index (χ4v) is 3.19. The van der Waals surface area contributed by atoms with E-state index >= 15 is 0 Å². The van der Waals surface area contributed by atoms with Crippen LogP contribution in [0.1, 0.15) is 21.6 Å². The fourth-order valence-electron chi connectivity index (χ4n) is 2.48. The number of anilines is 1. The zero-order chi connectivity index (χ0) is 19.9. The zero-order valence-electron chi connectivity index (χ0n) is 15.0. The van der Waals surface area contributed by atoms with Crippen LogP contribution in [0.4, 0.5) is 5.13 Å². The van der Waals surface area contributed by atoms with Gasteiger partial charge in [0, 0.05) is 23.7 Å². The van der Waals surface area contributed by atoms with E-state index in [4.69, 9.17) is 4.74 Å². The standard InChI is InChI=1S/C19H18N4O4S/c1-27-15-7-3-2-5-12(15)10-21-16(24)9-13-11-28-19(22-13)23-18(26)14-6-4-8-20-17(14)25/h2-8,11H,9-10H2,1H3,(H,20,25)(H,21,24)(H,22,23,26). The molecule has 144 valence electrons. The third kappa shape index (κ3) is 4.83. The highest BCUT2D eigenvalue weighted by Crippen LogP contribution is 2.18. The number of amides is 2. The van der Waals surface area contributed by atoms with E-state index in [0.717, 1.165) is 5.56 Å². The van der Waals surface area contributed by atoms with E-state index in [-0.39, 0.29) is 17.9 Å². The maximum atomic E-state index is 12.2. The highest BCUT2D eigenvalue weighted by atomic mass is 32.1. The van der Waals surface area contributed by atoms with Gasteiger partial charge in [-0.05, 0) is 18.2 Å². The number of ether oxygens (including phenoxy) is 1. The van der Waals surface area contributed by atoms with Crippen LogP contribution in [0.15, 0.2) is 52.8 Å². The number of hydrogen-bond acceptors (Lipinski definition) is 6. The number of nitrogens with one attached hydrogen (secondary N) is 3. The van der Waals surface area contributed by atoms with Gasteiger partial charge in [0.2, 0.25) is 5.91 Å². The lowest BCUT2D eigenvalue weighted by Gasteiger charge is -2.09. The van der Waals surface area contributed by atoms with Gasteiger partial charge in [-0.3, -0.25) is 19.7 Å². The van der Waals surface area contributed by atoms with Crippen LogP contribution in [-0.4, -0.2) is 28.9 Å². The highest BCUT2D eigenvalue weighted by Gasteiger charge is 2.13. The van der Waals surface area contributed by atoms with Crippen LogP contribution in [0.2, 0.25) is 0 Å². The van der Waals surface area contributed by atoms with E-state index in [1.807, 2.05) is 24.3 Å². The molecule has 2 amide bonds. The van der Waals surface area contributed by atoms with Crippen LogP contribution in [0.3, 0.4) is 0 Å². The summed E-state index contributed by atoms with van der Waals surface area (Å²) in [5.41, 5.74) is 0.916. The lowest BCUT2D eigenvalue weighted by Crippen LogP contribution is -2.25. The van der Waals surface area contributed by atoms with Crippen molar-refractivity contribution < 1.29 is 14.3 Å². The average molecular weight is 398 g/mol. The zero-order valence-corrected chi connectivity index (χ0v) is 15.8. The molecular weight excluding hydrogens is 380 g/mol. The number of aromatic amines is 1. The number of carbonyl (C=O) groups is 2. The van der Waals surface area contributed by atoms with Gasteiger partial charge in [-0.1, -0.05) is 18.2 Å². The fraction of sp³-hybridized carbons (Fsp3) is 0.158. The van der Waals surface area contributed by atoms with Crippen molar-refractivity contribution in [2.75, 3.05) is 12.4 Å². The third-order valence-corrected chi connectivity index (χ3v) is 4.65. The van der Waals surface area contributed by atoms with Crippen LogP contribution >= 0.6 is 11.3 Å². The van der Waals surface area contributed by atoms with Gasteiger partial charge in [-0.2, -0.15) is 0 Å². The molecule has 0 saturated carbocycles. The van der Waals surface area contributed by atoms with Gasteiger partial charge in [0.25, 0.3) is 11.5 Å². The summed E-state index contributed by atoms with van der Waals surface area (Å²) in [4.78, 5) is 42.6. The first kappa shape index (κ1) is 19.3. The van der Waals surface area contributed by atoms with Crippen LogP contribution in [-0.2, 0) is 17.8 Å². The number of pyridine rings is 1. The molecule has 0 spiro atoms. The summed E-state index contributed by atoms with van der Waals surface area (Å²) >= 11 is 1.19. The number of methoxy groups -OCH3 is 1. The Morgan fingerprint density at radius 2 is 2.04 bits per heavy atom. The summed E-state index contributed by atoms with van der Waals surface area (Å²) < 4.78 is 5.25. The second-order valence-corrected chi connectivity index (χ2v) is 6.63. The van der Waals surface area contributed by atoms with E-state index < -0.39 is 11.5 Å². The Bertz CT molecular complexity index is 1040. The van der Waals surface area contributed by atoms with Crippen molar-refractivity contribution in [3.63, 3.8) is 0 Å². The number of aromatic nitrogens is 2. The van der Waals surface area contributed by atoms with Gasteiger partial charge in [0.05, 0.1) is 19.2 Å². The maximum absolute atomic E-state index is 12.2. The predicted molar refractivity (Wildman–Crippen MR) is 106 cm³/mol. The van der Waals surface area contributed by atoms with Crippen molar-refractivity contribution in [2.45, 2.75) is 13.0 Å². The molecule has 0 fully saturated rings. The largest absolute Gasteiger partial charge is 0.496 e. The molecule has 0 atom stereocenters. The number of H-pyrrole nitrogens is 1. The number of hydrogen-bond donors (Lipinski definition) is 3. The van der Waals surface area contributed by atoms with Gasteiger partial charge < -0.3 is 15.0 Å². The highest BCUT2D eigenvalue weighted by molar-refractivity contribution is 7.14. The van der Waals surface area contributed by atoms with Gasteiger partial charge in [0.1, 0.15) is 11.3 Å². The van der Waals surface area contributed by atoms with Crippen molar-refractivity contribution in [3.05, 3.63) is 75.1 Å². The average Bonchev–Trinajstić information content (AvgIpc) is 3.13. The van der Waals surface area contributed by atoms with Crippen LogP contribution in [0.25, 0.3) is 0 Å². The molecule has 0 radical (unpaired) electrons. The van der Waals surface area contributed by atoms with Gasteiger partial charge >= 0.3 is 0 Å². The molecule has 0 saturated heterocycles. The van der Waals surface area contributed by atoms with Gasteiger partial charge in [-0.25, -0.2) is 4.98 Å². The Morgan fingerprint density at radius 1 is 1.21 bits per heavy atom. The molecule has 0 unspecified atom stereocenters. The molecule has 8 nitrogen and oxygen atoms in total. The lowest BCUT2D eigenvalue weighted by atomic mass is 10.2. The number of rotatable bonds is 7. The second kappa shape index (κ2) is 8.96.